The highest BCUT2D eigenvalue weighted by molar-refractivity contribution is 7.90. The van der Waals surface area contributed by atoms with Gasteiger partial charge in [0.25, 0.3) is 10.0 Å². The van der Waals surface area contributed by atoms with Crippen LogP contribution in [0.15, 0.2) is 47.4 Å². The number of rotatable bonds is 3. The van der Waals surface area contributed by atoms with Gasteiger partial charge in [-0.25, -0.2) is 4.39 Å². The van der Waals surface area contributed by atoms with Gasteiger partial charge in [0.2, 0.25) is 5.91 Å². The average molecular weight is 455 g/mol. The van der Waals surface area contributed by atoms with E-state index in [1.165, 1.54) is 31.2 Å². The Labute approximate surface area is 185 Å². The minimum atomic E-state index is -4.02. The van der Waals surface area contributed by atoms with Gasteiger partial charge in [-0.3, -0.25) is 4.79 Å². The molecule has 32 heavy (non-hydrogen) atoms. The molecule has 0 fully saturated rings. The van der Waals surface area contributed by atoms with Crippen LogP contribution in [-0.2, 0) is 21.2 Å². The summed E-state index contributed by atoms with van der Waals surface area (Å²) in [6, 6.07) is 8.83. The van der Waals surface area contributed by atoms with E-state index >= 15 is 0 Å². The molecular weight excluding hydrogens is 431 g/mol. The van der Waals surface area contributed by atoms with Crippen molar-refractivity contribution in [3.05, 3.63) is 59.5 Å². The fourth-order valence-corrected chi connectivity index (χ4v) is 5.77. The number of halogens is 1. The van der Waals surface area contributed by atoms with Gasteiger partial charge in [-0.15, -0.1) is 0 Å². The summed E-state index contributed by atoms with van der Waals surface area (Å²) >= 11 is 0. The molecule has 1 amide bonds. The maximum Gasteiger partial charge on any atom is 0.283 e. The Kier molecular flexibility index (Phi) is 4.90. The molecule has 2 aliphatic rings. The Balaban J connectivity index is 1.64. The standard InChI is InChI=1S/C23H23FN4O3S/c1-15(29)27-12-9-17-13-19(4-6-21(17)27)32(30,31)28-22-5-3-18(24)14-20(22)23(25-28)16-7-10-26(2)11-8-16/h3-7,13-14H,8-12H2,1-2H3. The van der Waals surface area contributed by atoms with Gasteiger partial charge >= 0.3 is 0 Å². The number of hydrogen-bond donors (Lipinski definition) is 0. The topological polar surface area (TPSA) is 75.5 Å². The summed E-state index contributed by atoms with van der Waals surface area (Å²) in [5.74, 6) is -0.512. The third-order valence-corrected chi connectivity index (χ3v) is 7.76. The molecule has 0 saturated carbocycles. The van der Waals surface area contributed by atoms with Crippen molar-refractivity contribution in [2.45, 2.75) is 24.7 Å². The Morgan fingerprint density at radius 2 is 1.91 bits per heavy atom. The normalized spacial score (nSPS) is 17.0. The molecular formula is C23H23FN4O3S. The first kappa shape index (κ1) is 20.8. The summed E-state index contributed by atoms with van der Waals surface area (Å²) in [5, 5.41) is 4.95. The minimum absolute atomic E-state index is 0.0736. The highest BCUT2D eigenvalue weighted by Gasteiger charge is 2.28. The van der Waals surface area contributed by atoms with Crippen molar-refractivity contribution in [3.63, 3.8) is 0 Å². The number of benzene rings is 2. The number of amides is 1. The number of likely N-dealkylation sites (N-methyl/N-ethyl adjacent to an activating group) is 1. The first-order valence-electron chi connectivity index (χ1n) is 10.5. The molecule has 0 bridgehead atoms. The summed E-state index contributed by atoms with van der Waals surface area (Å²) in [6.45, 7) is 3.57. The fraction of sp³-hybridized carbons (Fsp3) is 0.304. The molecule has 0 N–H and O–H groups in total. The van der Waals surface area contributed by atoms with Crippen LogP contribution in [0.25, 0.3) is 16.5 Å². The van der Waals surface area contributed by atoms with Crippen molar-refractivity contribution in [1.29, 1.82) is 0 Å². The lowest BCUT2D eigenvalue weighted by atomic mass is 10.0. The maximum absolute atomic E-state index is 14.1. The second-order valence-electron chi connectivity index (χ2n) is 8.31. The van der Waals surface area contributed by atoms with Crippen molar-refractivity contribution in [2.75, 3.05) is 31.6 Å². The molecule has 1 aromatic heterocycles. The lowest BCUT2D eigenvalue weighted by Gasteiger charge is -2.21. The molecule has 0 unspecified atom stereocenters. The molecule has 0 aliphatic carbocycles. The van der Waals surface area contributed by atoms with E-state index < -0.39 is 15.8 Å². The van der Waals surface area contributed by atoms with Crippen molar-refractivity contribution >= 4 is 38.1 Å². The Morgan fingerprint density at radius 3 is 2.62 bits per heavy atom. The van der Waals surface area contributed by atoms with Crippen LogP contribution in [0.5, 0.6) is 0 Å². The summed E-state index contributed by atoms with van der Waals surface area (Å²) in [7, 11) is -2.02. The number of aromatic nitrogens is 2. The smallest absolute Gasteiger partial charge is 0.283 e. The number of anilines is 1. The van der Waals surface area contributed by atoms with Gasteiger partial charge in [0.1, 0.15) is 5.82 Å². The quantitative estimate of drug-likeness (QED) is 0.608. The van der Waals surface area contributed by atoms with Gasteiger partial charge < -0.3 is 9.80 Å². The largest absolute Gasteiger partial charge is 0.312 e. The molecule has 0 radical (unpaired) electrons. The molecule has 5 rings (SSSR count). The number of carbonyl (C=O) groups is 1. The predicted molar refractivity (Wildman–Crippen MR) is 121 cm³/mol. The predicted octanol–water partition coefficient (Wildman–Crippen LogP) is 3.04. The van der Waals surface area contributed by atoms with E-state index in [-0.39, 0.29) is 10.8 Å². The van der Waals surface area contributed by atoms with Gasteiger partial charge in [0.15, 0.2) is 0 Å². The van der Waals surface area contributed by atoms with Gasteiger partial charge in [0, 0.05) is 37.6 Å². The zero-order valence-corrected chi connectivity index (χ0v) is 18.7. The Bertz CT molecular complexity index is 1390. The molecule has 9 heteroatoms. The van der Waals surface area contributed by atoms with Crippen LogP contribution in [0.4, 0.5) is 10.1 Å². The van der Waals surface area contributed by atoms with Crippen LogP contribution in [0.1, 0.15) is 24.6 Å². The van der Waals surface area contributed by atoms with E-state index in [1.807, 2.05) is 13.1 Å². The molecule has 2 aliphatic heterocycles. The highest BCUT2D eigenvalue weighted by Crippen LogP contribution is 2.34. The second-order valence-corrected chi connectivity index (χ2v) is 10.1. The maximum atomic E-state index is 14.1. The van der Waals surface area contributed by atoms with E-state index in [1.54, 1.807) is 17.0 Å². The Morgan fingerprint density at radius 1 is 1.09 bits per heavy atom. The molecule has 0 saturated heterocycles. The number of nitrogens with zero attached hydrogens (tertiary/aromatic N) is 4. The summed E-state index contributed by atoms with van der Waals surface area (Å²) in [5.41, 5.74) is 3.30. The van der Waals surface area contributed by atoms with Crippen LogP contribution in [0.2, 0.25) is 0 Å². The fourth-order valence-electron chi connectivity index (χ4n) is 4.44. The van der Waals surface area contributed by atoms with E-state index in [9.17, 15) is 17.6 Å². The molecule has 7 nitrogen and oxygen atoms in total. The molecule has 0 atom stereocenters. The van der Waals surface area contributed by atoms with Gasteiger partial charge in [-0.1, -0.05) is 6.08 Å². The van der Waals surface area contributed by atoms with Crippen LogP contribution >= 0.6 is 0 Å². The van der Waals surface area contributed by atoms with Crippen molar-refractivity contribution in [1.82, 2.24) is 14.1 Å². The minimum Gasteiger partial charge on any atom is -0.312 e. The third kappa shape index (κ3) is 3.32. The molecule has 0 spiro atoms. The SMILES string of the molecule is CC(=O)N1CCc2cc(S(=O)(=O)n3nc(C4=CCN(C)CC4)c4cc(F)ccc43)ccc21. The second kappa shape index (κ2) is 7.53. The molecule has 166 valence electrons. The van der Waals surface area contributed by atoms with E-state index in [2.05, 4.69) is 10.00 Å². The van der Waals surface area contributed by atoms with Crippen LogP contribution in [0.3, 0.4) is 0 Å². The first-order chi connectivity index (χ1) is 15.3. The summed E-state index contributed by atoms with van der Waals surface area (Å²) in [4.78, 5) is 15.7. The van der Waals surface area contributed by atoms with Crippen LogP contribution in [-0.4, -0.2) is 55.1 Å². The van der Waals surface area contributed by atoms with Crippen LogP contribution < -0.4 is 4.90 Å². The monoisotopic (exact) mass is 454 g/mol. The lowest BCUT2D eigenvalue weighted by molar-refractivity contribution is -0.116. The third-order valence-electron chi connectivity index (χ3n) is 6.18. The summed E-state index contributed by atoms with van der Waals surface area (Å²) < 4.78 is 42.3. The average Bonchev–Trinajstić information content (AvgIpc) is 3.35. The van der Waals surface area contributed by atoms with Crippen molar-refractivity contribution in [2.24, 2.45) is 0 Å². The van der Waals surface area contributed by atoms with Crippen LogP contribution in [0, 0.1) is 5.82 Å². The zero-order chi connectivity index (χ0) is 22.6. The molecule has 3 aromatic rings. The van der Waals surface area contributed by atoms with E-state index in [0.717, 1.165) is 34.0 Å². The van der Waals surface area contributed by atoms with Gasteiger partial charge in [-0.2, -0.15) is 17.6 Å². The number of carbonyl (C=O) groups excluding carboxylic acids is 1. The van der Waals surface area contributed by atoms with E-state index in [4.69, 9.17) is 0 Å². The van der Waals surface area contributed by atoms with Crippen molar-refractivity contribution < 1.29 is 17.6 Å². The molecule has 3 heterocycles. The number of fused-ring (bicyclic) bond motifs is 2. The van der Waals surface area contributed by atoms with Gasteiger partial charge in [0.05, 0.1) is 16.1 Å². The zero-order valence-electron chi connectivity index (χ0n) is 17.9. The van der Waals surface area contributed by atoms with Gasteiger partial charge in [-0.05, 0) is 67.4 Å². The first-order valence-corrected chi connectivity index (χ1v) is 11.9. The highest BCUT2D eigenvalue weighted by atomic mass is 32.2. The van der Waals surface area contributed by atoms with E-state index in [0.29, 0.717) is 36.0 Å². The van der Waals surface area contributed by atoms with Crippen molar-refractivity contribution in [3.8, 4) is 0 Å². The lowest BCUT2D eigenvalue weighted by Crippen LogP contribution is -2.25. The number of hydrogen-bond acceptors (Lipinski definition) is 5. The summed E-state index contributed by atoms with van der Waals surface area (Å²) in [6.07, 6.45) is 3.31. The molecule has 2 aromatic carbocycles. The Hall–Kier alpha value is -3.04.